The van der Waals surface area contributed by atoms with E-state index in [-0.39, 0.29) is 12.1 Å². The van der Waals surface area contributed by atoms with Crippen molar-refractivity contribution in [2.75, 3.05) is 24.3 Å². The van der Waals surface area contributed by atoms with Gasteiger partial charge in [-0.05, 0) is 31.2 Å². The zero-order chi connectivity index (χ0) is 15.4. The van der Waals surface area contributed by atoms with Crippen LogP contribution in [0.4, 0.5) is 16.3 Å². The highest BCUT2D eigenvalue weighted by Crippen LogP contribution is 2.26. The molecule has 0 saturated heterocycles. The van der Waals surface area contributed by atoms with Gasteiger partial charge in [0.05, 0.1) is 22.3 Å². The van der Waals surface area contributed by atoms with Crippen molar-refractivity contribution in [1.82, 2.24) is 10.3 Å². The SMILES string of the molecule is CC(NC(=O)Nc1ccc(N(C)C)nc1)c1ccc(Cl)s1. The van der Waals surface area contributed by atoms with E-state index in [1.807, 2.05) is 50.2 Å². The van der Waals surface area contributed by atoms with Crippen LogP contribution < -0.4 is 15.5 Å². The van der Waals surface area contributed by atoms with Crippen molar-refractivity contribution in [2.45, 2.75) is 13.0 Å². The fourth-order valence-corrected chi connectivity index (χ4v) is 2.78. The molecule has 0 saturated carbocycles. The number of rotatable bonds is 4. The van der Waals surface area contributed by atoms with Crippen LogP contribution >= 0.6 is 22.9 Å². The normalized spacial score (nSPS) is 11.8. The van der Waals surface area contributed by atoms with Crippen molar-refractivity contribution in [3.8, 4) is 0 Å². The molecule has 0 aromatic carbocycles. The quantitative estimate of drug-likeness (QED) is 0.900. The molecular formula is C14H17ClN4OS. The maximum atomic E-state index is 11.9. The molecule has 0 aliphatic heterocycles. The molecule has 112 valence electrons. The topological polar surface area (TPSA) is 57.3 Å². The molecule has 1 unspecified atom stereocenters. The molecule has 0 aliphatic rings. The molecule has 2 N–H and O–H groups in total. The van der Waals surface area contributed by atoms with E-state index in [1.165, 1.54) is 11.3 Å². The first-order chi connectivity index (χ1) is 9.95. The number of pyridine rings is 1. The molecular weight excluding hydrogens is 308 g/mol. The Labute approximate surface area is 132 Å². The van der Waals surface area contributed by atoms with Crippen molar-refractivity contribution >= 4 is 40.5 Å². The van der Waals surface area contributed by atoms with Crippen molar-refractivity contribution in [1.29, 1.82) is 0 Å². The van der Waals surface area contributed by atoms with Crippen LogP contribution in [-0.4, -0.2) is 25.1 Å². The number of aromatic nitrogens is 1. The molecule has 2 heterocycles. The molecule has 0 radical (unpaired) electrons. The van der Waals surface area contributed by atoms with E-state index in [9.17, 15) is 4.79 Å². The minimum Gasteiger partial charge on any atom is -0.363 e. The summed E-state index contributed by atoms with van der Waals surface area (Å²) in [5, 5.41) is 5.61. The molecule has 21 heavy (non-hydrogen) atoms. The molecule has 7 heteroatoms. The third-order valence-corrected chi connectivity index (χ3v) is 4.25. The van der Waals surface area contributed by atoms with Crippen LogP contribution in [0.1, 0.15) is 17.8 Å². The number of carbonyl (C=O) groups excluding carboxylic acids is 1. The molecule has 2 aromatic heterocycles. The first-order valence-electron chi connectivity index (χ1n) is 6.42. The van der Waals surface area contributed by atoms with Gasteiger partial charge in [-0.2, -0.15) is 0 Å². The first-order valence-corrected chi connectivity index (χ1v) is 7.61. The van der Waals surface area contributed by atoms with Crippen molar-refractivity contribution < 1.29 is 4.79 Å². The zero-order valence-electron chi connectivity index (χ0n) is 12.1. The zero-order valence-corrected chi connectivity index (χ0v) is 13.6. The van der Waals surface area contributed by atoms with Crippen LogP contribution in [0.5, 0.6) is 0 Å². The second-order valence-electron chi connectivity index (χ2n) is 4.76. The lowest BCUT2D eigenvalue weighted by Crippen LogP contribution is -2.30. The largest absolute Gasteiger partial charge is 0.363 e. The Hall–Kier alpha value is -1.79. The smallest absolute Gasteiger partial charge is 0.319 e. The van der Waals surface area contributed by atoms with Crippen LogP contribution in [0, 0.1) is 0 Å². The average molecular weight is 325 g/mol. The summed E-state index contributed by atoms with van der Waals surface area (Å²) in [7, 11) is 3.83. The monoisotopic (exact) mass is 324 g/mol. The van der Waals surface area contributed by atoms with Gasteiger partial charge in [0, 0.05) is 19.0 Å². The number of anilines is 2. The third kappa shape index (κ3) is 4.34. The van der Waals surface area contributed by atoms with Crippen molar-refractivity contribution in [2.24, 2.45) is 0 Å². The summed E-state index contributed by atoms with van der Waals surface area (Å²) in [6, 6.07) is 7.02. The standard InChI is InChI=1S/C14H17ClN4OS/c1-9(11-5-6-12(15)21-11)17-14(20)18-10-4-7-13(16-8-10)19(2)3/h4-9H,1-3H3,(H2,17,18,20). The number of nitrogens with zero attached hydrogens (tertiary/aromatic N) is 2. The highest BCUT2D eigenvalue weighted by molar-refractivity contribution is 7.16. The van der Waals surface area contributed by atoms with Gasteiger partial charge in [-0.3, -0.25) is 0 Å². The molecule has 1 atom stereocenters. The number of carbonyl (C=O) groups is 1. The summed E-state index contributed by atoms with van der Waals surface area (Å²) in [4.78, 5) is 19.1. The Balaban J connectivity index is 1.92. The van der Waals surface area contributed by atoms with Crippen LogP contribution in [-0.2, 0) is 0 Å². The fraction of sp³-hybridized carbons (Fsp3) is 0.286. The average Bonchev–Trinajstić information content (AvgIpc) is 2.86. The summed E-state index contributed by atoms with van der Waals surface area (Å²) in [6.07, 6.45) is 1.63. The highest BCUT2D eigenvalue weighted by Gasteiger charge is 2.11. The van der Waals surface area contributed by atoms with Crippen molar-refractivity contribution in [3.63, 3.8) is 0 Å². The number of halogens is 1. The van der Waals surface area contributed by atoms with Gasteiger partial charge in [-0.1, -0.05) is 11.6 Å². The lowest BCUT2D eigenvalue weighted by molar-refractivity contribution is 0.249. The van der Waals surface area contributed by atoms with Crippen LogP contribution in [0.15, 0.2) is 30.5 Å². The van der Waals surface area contributed by atoms with E-state index in [0.717, 1.165) is 10.7 Å². The molecule has 2 aromatic rings. The van der Waals surface area contributed by atoms with Crippen LogP contribution in [0.25, 0.3) is 0 Å². The van der Waals surface area contributed by atoms with Gasteiger partial charge < -0.3 is 15.5 Å². The molecule has 0 bridgehead atoms. The van der Waals surface area contributed by atoms with Gasteiger partial charge in [0.2, 0.25) is 0 Å². The lowest BCUT2D eigenvalue weighted by Gasteiger charge is -2.14. The summed E-state index contributed by atoms with van der Waals surface area (Å²) in [5.74, 6) is 0.836. The summed E-state index contributed by atoms with van der Waals surface area (Å²) in [5.41, 5.74) is 0.648. The molecule has 0 spiro atoms. The Morgan fingerprint density at radius 1 is 1.33 bits per heavy atom. The summed E-state index contributed by atoms with van der Waals surface area (Å²) >= 11 is 7.34. The minimum atomic E-state index is -0.272. The third-order valence-electron chi connectivity index (χ3n) is 2.83. The summed E-state index contributed by atoms with van der Waals surface area (Å²) in [6.45, 7) is 1.91. The second-order valence-corrected chi connectivity index (χ2v) is 6.51. The van der Waals surface area contributed by atoms with E-state index in [1.54, 1.807) is 6.20 Å². The van der Waals surface area contributed by atoms with Gasteiger partial charge in [0.1, 0.15) is 5.82 Å². The number of hydrogen-bond acceptors (Lipinski definition) is 4. The summed E-state index contributed by atoms with van der Waals surface area (Å²) < 4.78 is 0.711. The maximum Gasteiger partial charge on any atom is 0.319 e. The predicted molar refractivity (Wildman–Crippen MR) is 88.5 cm³/mol. The van der Waals surface area contributed by atoms with E-state index >= 15 is 0 Å². The number of urea groups is 1. The van der Waals surface area contributed by atoms with Crippen LogP contribution in [0.2, 0.25) is 4.34 Å². The number of thiophene rings is 1. The van der Waals surface area contributed by atoms with E-state index in [2.05, 4.69) is 15.6 Å². The molecule has 0 aliphatic carbocycles. The Morgan fingerprint density at radius 2 is 2.10 bits per heavy atom. The Bertz CT molecular complexity index is 612. The van der Waals surface area contributed by atoms with Gasteiger partial charge in [-0.25, -0.2) is 9.78 Å². The molecule has 5 nitrogen and oxygen atoms in total. The van der Waals surface area contributed by atoms with Gasteiger partial charge in [0.15, 0.2) is 0 Å². The number of hydrogen-bond donors (Lipinski definition) is 2. The number of amides is 2. The van der Waals surface area contributed by atoms with Crippen LogP contribution in [0.3, 0.4) is 0 Å². The minimum absolute atomic E-state index is 0.100. The highest BCUT2D eigenvalue weighted by atomic mass is 35.5. The second kappa shape index (κ2) is 6.78. The molecule has 0 fully saturated rings. The predicted octanol–water partition coefficient (Wildman–Crippen LogP) is 3.75. The van der Waals surface area contributed by atoms with E-state index in [0.29, 0.717) is 10.0 Å². The van der Waals surface area contributed by atoms with Gasteiger partial charge in [0.25, 0.3) is 0 Å². The molecule has 2 rings (SSSR count). The van der Waals surface area contributed by atoms with E-state index < -0.39 is 0 Å². The number of nitrogens with one attached hydrogen (secondary N) is 2. The maximum absolute atomic E-state index is 11.9. The van der Waals surface area contributed by atoms with E-state index in [4.69, 9.17) is 11.6 Å². The first kappa shape index (κ1) is 15.6. The fourth-order valence-electron chi connectivity index (χ4n) is 1.72. The van der Waals surface area contributed by atoms with Crippen molar-refractivity contribution in [3.05, 3.63) is 39.7 Å². The Kier molecular flexibility index (Phi) is 5.03. The van der Waals surface area contributed by atoms with Gasteiger partial charge in [-0.15, -0.1) is 11.3 Å². The van der Waals surface area contributed by atoms with Gasteiger partial charge >= 0.3 is 6.03 Å². The Morgan fingerprint density at radius 3 is 2.62 bits per heavy atom. The lowest BCUT2D eigenvalue weighted by atomic mass is 10.3. The molecule has 2 amide bonds.